The Morgan fingerprint density at radius 2 is 1.67 bits per heavy atom. The normalized spacial score (nSPS) is 15.2. The zero-order valence-corrected chi connectivity index (χ0v) is 9.70. The van der Waals surface area contributed by atoms with Crippen molar-refractivity contribution in [2.24, 2.45) is 11.3 Å². The topological polar surface area (TPSA) is 0 Å². The molecule has 0 rings (SSSR count). The van der Waals surface area contributed by atoms with Gasteiger partial charge in [0.05, 0.1) is 0 Å². The molecule has 0 heteroatoms. The molecule has 1 radical (unpaired) electrons. The van der Waals surface area contributed by atoms with Crippen LogP contribution in [0.1, 0.15) is 60.8 Å². The molecule has 0 amide bonds. The van der Waals surface area contributed by atoms with Crippen LogP contribution in [0.2, 0.25) is 0 Å². The van der Waals surface area contributed by atoms with E-state index in [4.69, 9.17) is 0 Å². The molecule has 0 heterocycles. The highest BCUT2D eigenvalue weighted by Gasteiger charge is 2.26. The van der Waals surface area contributed by atoms with E-state index >= 15 is 0 Å². The number of hydrogen-bond acceptors (Lipinski definition) is 0. The van der Waals surface area contributed by atoms with Crippen LogP contribution >= 0.6 is 0 Å². The minimum atomic E-state index is 0.452. The smallest absolute Gasteiger partial charge is 0.0267 e. The van der Waals surface area contributed by atoms with Crippen molar-refractivity contribution in [3.05, 3.63) is 5.92 Å². The van der Waals surface area contributed by atoms with Crippen molar-refractivity contribution in [3.63, 3.8) is 0 Å². The molecule has 0 saturated heterocycles. The van der Waals surface area contributed by atoms with Gasteiger partial charge >= 0.3 is 0 Å². The molecule has 0 aromatic rings. The van der Waals surface area contributed by atoms with Crippen molar-refractivity contribution < 1.29 is 0 Å². The molecule has 1 atom stereocenters. The van der Waals surface area contributed by atoms with Gasteiger partial charge in [0.15, 0.2) is 0 Å². The first-order valence-corrected chi connectivity index (χ1v) is 5.19. The van der Waals surface area contributed by atoms with E-state index in [1.807, 2.05) is 0 Å². The van der Waals surface area contributed by atoms with Gasteiger partial charge < -0.3 is 0 Å². The van der Waals surface area contributed by atoms with Crippen LogP contribution < -0.4 is 0 Å². The highest BCUT2D eigenvalue weighted by atomic mass is 14.3. The monoisotopic (exact) mass is 169 g/mol. The number of unbranched alkanes of at least 4 members (excludes halogenated alkanes) is 1. The third kappa shape index (κ3) is 4.13. The molecule has 0 bridgehead atoms. The van der Waals surface area contributed by atoms with Gasteiger partial charge in [-0.1, -0.05) is 54.4 Å². The second kappa shape index (κ2) is 4.89. The maximum Gasteiger partial charge on any atom is -0.0267 e. The van der Waals surface area contributed by atoms with Crippen LogP contribution in [0.3, 0.4) is 0 Å². The van der Waals surface area contributed by atoms with Crippen LogP contribution in [0.4, 0.5) is 0 Å². The van der Waals surface area contributed by atoms with Crippen LogP contribution in [-0.2, 0) is 0 Å². The first-order valence-electron chi connectivity index (χ1n) is 5.19. The maximum absolute atomic E-state index is 2.35. The minimum Gasteiger partial charge on any atom is -0.0654 e. The Bertz CT molecular complexity index is 106. The van der Waals surface area contributed by atoms with E-state index in [2.05, 4.69) is 41.5 Å². The van der Waals surface area contributed by atoms with Crippen LogP contribution in [0.5, 0.6) is 0 Å². The molecule has 0 aromatic carbocycles. The second-order valence-electron chi connectivity index (χ2n) is 5.14. The van der Waals surface area contributed by atoms with Crippen LogP contribution in [0, 0.1) is 17.3 Å². The Morgan fingerprint density at radius 3 is 1.92 bits per heavy atom. The Hall–Kier alpha value is 0. The summed E-state index contributed by atoms with van der Waals surface area (Å²) < 4.78 is 0. The van der Waals surface area contributed by atoms with Crippen molar-refractivity contribution in [2.45, 2.75) is 60.8 Å². The molecule has 1 unspecified atom stereocenters. The molecule has 0 aliphatic rings. The van der Waals surface area contributed by atoms with E-state index in [9.17, 15) is 0 Å². The number of hydrogen-bond donors (Lipinski definition) is 0. The van der Waals surface area contributed by atoms with Gasteiger partial charge in [0.1, 0.15) is 0 Å². The largest absolute Gasteiger partial charge is 0.0654 e. The van der Waals surface area contributed by atoms with Gasteiger partial charge in [0, 0.05) is 0 Å². The lowest BCUT2D eigenvalue weighted by Crippen LogP contribution is -2.24. The van der Waals surface area contributed by atoms with Gasteiger partial charge in [-0.2, -0.15) is 0 Å². The summed E-state index contributed by atoms with van der Waals surface area (Å²) in [6, 6.07) is 0. The zero-order chi connectivity index (χ0) is 9.78. The molecule has 0 aliphatic heterocycles. The van der Waals surface area contributed by atoms with Gasteiger partial charge in [0.2, 0.25) is 0 Å². The summed E-state index contributed by atoms with van der Waals surface area (Å²) in [5.74, 6) is 2.40. The Balaban J connectivity index is 4.05. The van der Waals surface area contributed by atoms with Crippen LogP contribution in [-0.4, -0.2) is 0 Å². The van der Waals surface area contributed by atoms with Crippen molar-refractivity contribution in [1.82, 2.24) is 0 Å². The highest BCUT2D eigenvalue weighted by molar-refractivity contribution is 4.93. The van der Waals surface area contributed by atoms with Gasteiger partial charge in [-0.15, -0.1) is 0 Å². The molecular formula is C12H25. The molecule has 0 aromatic heterocycles. The van der Waals surface area contributed by atoms with E-state index in [-0.39, 0.29) is 0 Å². The first kappa shape index (κ1) is 12.0. The van der Waals surface area contributed by atoms with Crippen LogP contribution in [0.15, 0.2) is 0 Å². The van der Waals surface area contributed by atoms with Gasteiger partial charge in [-0.25, -0.2) is 0 Å². The highest BCUT2D eigenvalue weighted by Crippen LogP contribution is 2.36. The fourth-order valence-corrected chi connectivity index (χ4v) is 2.00. The fraction of sp³-hybridized carbons (Fsp3) is 0.917. The summed E-state index contributed by atoms with van der Waals surface area (Å²) in [7, 11) is 0. The lowest BCUT2D eigenvalue weighted by molar-refractivity contribution is 0.235. The summed E-state index contributed by atoms with van der Waals surface area (Å²) in [5.41, 5.74) is 0.452. The van der Waals surface area contributed by atoms with E-state index in [1.165, 1.54) is 19.3 Å². The quantitative estimate of drug-likeness (QED) is 0.583. The van der Waals surface area contributed by atoms with Gasteiger partial charge in [-0.05, 0) is 23.7 Å². The van der Waals surface area contributed by atoms with Gasteiger partial charge in [0.25, 0.3) is 0 Å². The van der Waals surface area contributed by atoms with Crippen molar-refractivity contribution in [3.8, 4) is 0 Å². The average Bonchev–Trinajstić information content (AvgIpc) is 1.84. The summed E-state index contributed by atoms with van der Waals surface area (Å²) >= 11 is 0. The molecule has 0 fully saturated rings. The predicted octanol–water partition coefficient (Wildman–Crippen LogP) is 4.45. The van der Waals surface area contributed by atoms with Crippen molar-refractivity contribution in [2.75, 3.05) is 0 Å². The summed E-state index contributed by atoms with van der Waals surface area (Å²) in [6.07, 6.45) is 4.05. The van der Waals surface area contributed by atoms with Crippen molar-refractivity contribution in [1.29, 1.82) is 0 Å². The fourth-order valence-electron chi connectivity index (χ4n) is 2.00. The van der Waals surface area contributed by atoms with E-state index in [1.54, 1.807) is 5.92 Å². The molecule has 0 spiro atoms. The standard InChI is InChI=1S/C12H25/c1-7-8-9-11(10(2)3)12(4,5)6/h11H,7-9H2,1-6H3. The minimum absolute atomic E-state index is 0.452. The third-order valence-electron chi connectivity index (χ3n) is 2.59. The summed E-state index contributed by atoms with van der Waals surface area (Å²) in [4.78, 5) is 0. The molecule has 12 heavy (non-hydrogen) atoms. The van der Waals surface area contributed by atoms with E-state index in [0.29, 0.717) is 5.41 Å². The lowest BCUT2D eigenvalue weighted by atomic mass is 9.72. The molecule has 0 aliphatic carbocycles. The Labute approximate surface area is 78.8 Å². The van der Waals surface area contributed by atoms with Crippen molar-refractivity contribution >= 4 is 0 Å². The predicted molar refractivity (Wildman–Crippen MR) is 57.1 cm³/mol. The first-order chi connectivity index (χ1) is 5.39. The molecule has 0 saturated carbocycles. The van der Waals surface area contributed by atoms with E-state index < -0.39 is 0 Å². The summed E-state index contributed by atoms with van der Waals surface area (Å²) in [6.45, 7) is 13.9. The molecule has 73 valence electrons. The SMILES string of the molecule is CCCCC([C](C)C)C(C)(C)C. The lowest BCUT2D eigenvalue weighted by Gasteiger charge is -2.33. The number of rotatable bonds is 4. The average molecular weight is 169 g/mol. The van der Waals surface area contributed by atoms with Gasteiger partial charge in [-0.3, -0.25) is 0 Å². The molecule has 0 nitrogen and oxygen atoms in total. The Morgan fingerprint density at radius 1 is 1.17 bits per heavy atom. The maximum atomic E-state index is 2.35. The molecule has 0 N–H and O–H groups in total. The zero-order valence-electron chi connectivity index (χ0n) is 9.70. The second-order valence-corrected chi connectivity index (χ2v) is 5.14. The Kier molecular flexibility index (Phi) is 4.89. The summed E-state index contributed by atoms with van der Waals surface area (Å²) in [5, 5.41) is 0. The third-order valence-corrected chi connectivity index (χ3v) is 2.59. The van der Waals surface area contributed by atoms with E-state index in [0.717, 1.165) is 5.92 Å². The van der Waals surface area contributed by atoms with Crippen LogP contribution in [0.25, 0.3) is 0 Å². The molecular weight excluding hydrogens is 144 g/mol.